The van der Waals surface area contributed by atoms with E-state index in [2.05, 4.69) is 25.2 Å². The Hall–Kier alpha value is -2.30. The zero-order valence-corrected chi connectivity index (χ0v) is 21.2. The fourth-order valence-electron chi connectivity index (χ4n) is 8.52. The maximum atomic E-state index is 13.0. The Morgan fingerprint density at radius 2 is 1.91 bits per heavy atom. The summed E-state index contributed by atoms with van der Waals surface area (Å²) >= 11 is 0. The number of para-hydroxylation sites is 1. The van der Waals surface area contributed by atoms with Crippen molar-refractivity contribution in [1.29, 1.82) is 0 Å². The number of methoxy groups -OCH3 is 1. The average Bonchev–Trinajstić information content (AvgIpc) is 3.16. The highest BCUT2D eigenvalue weighted by Gasteiger charge is 2.60. The van der Waals surface area contributed by atoms with Crippen LogP contribution in [0.3, 0.4) is 0 Å². The van der Waals surface area contributed by atoms with E-state index in [1.165, 1.54) is 25.7 Å². The molecule has 1 heterocycles. The Morgan fingerprint density at radius 3 is 2.71 bits per heavy atom. The number of nitrogens with one attached hydrogen (secondary N) is 1. The van der Waals surface area contributed by atoms with Crippen LogP contribution in [-0.2, 0) is 16.1 Å². The van der Waals surface area contributed by atoms with E-state index in [-0.39, 0.29) is 22.6 Å². The van der Waals surface area contributed by atoms with Crippen molar-refractivity contribution in [2.24, 2.45) is 34.5 Å². The Labute approximate surface area is 204 Å². The Kier molecular flexibility index (Phi) is 6.02. The minimum atomic E-state index is 0.0805. The molecule has 0 bridgehead atoms. The number of rotatable bonds is 5. The van der Waals surface area contributed by atoms with Crippen LogP contribution in [0.4, 0.5) is 0 Å². The van der Waals surface area contributed by atoms with Gasteiger partial charge in [-0.1, -0.05) is 38.1 Å². The molecule has 4 aliphatic rings. The van der Waals surface area contributed by atoms with Crippen LogP contribution in [0, 0.1) is 34.5 Å². The second-order valence-corrected chi connectivity index (χ2v) is 11.7. The van der Waals surface area contributed by atoms with Crippen LogP contribution in [0.5, 0.6) is 5.75 Å². The van der Waals surface area contributed by atoms with Gasteiger partial charge in [0, 0.05) is 37.0 Å². The maximum absolute atomic E-state index is 13.0. The van der Waals surface area contributed by atoms with Gasteiger partial charge >= 0.3 is 0 Å². The van der Waals surface area contributed by atoms with Crippen molar-refractivity contribution >= 4 is 11.8 Å². The summed E-state index contributed by atoms with van der Waals surface area (Å²) in [6.45, 7) is 5.38. The van der Waals surface area contributed by atoms with Crippen molar-refractivity contribution in [1.82, 2.24) is 10.2 Å². The molecule has 5 heteroatoms. The van der Waals surface area contributed by atoms with E-state index in [1.54, 1.807) is 7.11 Å². The number of fused-ring (bicyclic) bond motifs is 5. The molecule has 1 aromatic carbocycles. The van der Waals surface area contributed by atoms with Gasteiger partial charge in [-0.25, -0.2) is 0 Å². The molecule has 2 amide bonds. The van der Waals surface area contributed by atoms with Gasteiger partial charge in [-0.2, -0.15) is 0 Å². The number of ether oxygens (including phenoxy) is 1. The zero-order valence-electron chi connectivity index (χ0n) is 21.2. The lowest BCUT2D eigenvalue weighted by atomic mass is 9.47. The van der Waals surface area contributed by atoms with Gasteiger partial charge in [0.05, 0.1) is 7.11 Å². The van der Waals surface area contributed by atoms with Gasteiger partial charge in [-0.3, -0.25) is 9.59 Å². The number of carbonyl (C=O) groups is 2. The average molecular weight is 465 g/mol. The highest BCUT2D eigenvalue weighted by molar-refractivity contribution is 5.89. The minimum absolute atomic E-state index is 0.0805. The van der Waals surface area contributed by atoms with Gasteiger partial charge in [0.25, 0.3) is 0 Å². The van der Waals surface area contributed by atoms with Crippen molar-refractivity contribution in [2.45, 2.75) is 71.4 Å². The molecule has 3 fully saturated rings. The third kappa shape index (κ3) is 3.67. The molecule has 0 radical (unpaired) electrons. The summed E-state index contributed by atoms with van der Waals surface area (Å²) in [4.78, 5) is 27.3. The molecule has 0 saturated heterocycles. The van der Waals surface area contributed by atoms with Crippen molar-refractivity contribution in [3.8, 4) is 5.75 Å². The first kappa shape index (κ1) is 23.4. The number of nitrogens with zero attached hydrogens (tertiary/aromatic N) is 1. The van der Waals surface area contributed by atoms with Gasteiger partial charge in [0.1, 0.15) is 5.75 Å². The second-order valence-electron chi connectivity index (χ2n) is 11.7. The topological polar surface area (TPSA) is 58.6 Å². The fraction of sp³-hybridized carbons (Fsp3) is 0.655. The number of likely N-dealkylation sites (N-methyl/N-ethyl adjacent to an activating group) is 1. The smallest absolute Gasteiger partial charge is 0.246 e. The number of hydrogen-bond donors (Lipinski definition) is 1. The summed E-state index contributed by atoms with van der Waals surface area (Å²) in [5.74, 6) is 3.61. The predicted molar refractivity (Wildman–Crippen MR) is 133 cm³/mol. The van der Waals surface area contributed by atoms with E-state index in [1.807, 2.05) is 42.3 Å². The normalized spacial score (nSPS) is 38.6. The van der Waals surface area contributed by atoms with Gasteiger partial charge in [0.15, 0.2) is 0 Å². The van der Waals surface area contributed by atoms with E-state index in [0.29, 0.717) is 42.7 Å². The molecule has 0 aromatic heterocycles. The summed E-state index contributed by atoms with van der Waals surface area (Å²) in [6, 6.07) is 8.21. The Balaban J connectivity index is 1.26. The van der Waals surface area contributed by atoms with E-state index >= 15 is 0 Å². The largest absolute Gasteiger partial charge is 0.496 e. The molecule has 3 saturated carbocycles. The quantitative estimate of drug-likeness (QED) is 0.670. The van der Waals surface area contributed by atoms with Gasteiger partial charge in [-0.05, 0) is 79.8 Å². The minimum Gasteiger partial charge on any atom is -0.496 e. The third-order valence-electron chi connectivity index (χ3n) is 10.4. The summed E-state index contributed by atoms with van der Waals surface area (Å²) in [5, 5.41) is 3.16. The first-order chi connectivity index (χ1) is 16.3. The molecule has 1 aliphatic heterocycles. The fourth-order valence-corrected chi connectivity index (χ4v) is 8.52. The molecular formula is C29H40N2O3. The van der Waals surface area contributed by atoms with E-state index in [4.69, 9.17) is 4.74 Å². The molecule has 1 N–H and O–H groups in total. The standard InChI is InChI=1S/C29H40N2O3/c1-28-15-13-23-21(10-12-25-29(23,2)16-14-27(33)31(25)3)22(28)11-9-20(28)17-26(32)30-18-19-7-5-6-8-24(19)34-4/h5-8,14,16,20-23,25H,9-13,15,17-18H2,1-4H3,(H,30,32)/t20?,21-,22-,23-,25+,28+,29+/m0/s1. The first-order valence-electron chi connectivity index (χ1n) is 13.1. The van der Waals surface area contributed by atoms with Gasteiger partial charge < -0.3 is 15.0 Å². The van der Waals surface area contributed by atoms with Crippen LogP contribution in [0.2, 0.25) is 0 Å². The predicted octanol–water partition coefficient (Wildman–Crippen LogP) is 4.96. The Morgan fingerprint density at radius 1 is 1.12 bits per heavy atom. The van der Waals surface area contributed by atoms with E-state index in [0.717, 1.165) is 24.2 Å². The maximum Gasteiger partial charge on any atom is 0.246 e. The van der Waals surface area contributed by atoms with Crippen LogP contribution in [0.15, 0.2) is 36.4 Å². The molecule has 1 unspecified atom stereocenters. The van der Waals surface area contributed by atoms with Crippen LogP contribution in [0.25, 0.3) is 0 Å². The number of amides is 2. The SMILES string of the molecule is COc1ccccc1CNC(=O)CC1CC[C@H]2[C@@H]3CC[C@H]4N(C)C(=O)C=C[C@]4(C)[C@H]3CC[C@]12C. The van der Waals surface area contributed by atoms with Crippen molar-refractivity contribution in [2.75, 3.05) is 14.2 Å². The monoisotopic (exact) mass is 464 g/mol. The van der Waals surface area contributed by atoms with E-state index < -0.39 is 0 Å². The summed E-state index contributed by atoms with van der Waals surface area (Å²) < 4.78 is 5.43. The summed E-state index contributed by atoms with van der Waals surface area (Å²) in [6.07, 6.45) is 11.8. The van der Waals surface area contributed by atoms with Crippen LogP contribution in [-0.4, -0.2) is 36.9 Å². The molecule has 5 nitrogen and oxygen atoms in total. The van der Waals surface area contributed by atoms with Gasteiger partial charge in [0.2, 0.25) is 11.8 Å². The number of carbonyl (C=O) groups excluding carboxylic acids is 2. The highest BCUT2D eigenvalue weighted by Crippen LogP contribution is 2.65. The van der Waals surface area contributed by atoms with E-state index in [9.17, 15) is 9.59 Å². The number of hydrogen-bond acceptors (Lipinski definition) is 3. The molecule has 184 valence electrons. The summed E-state index contributed by atoms with van der Waals surface area (Å²) in [5.41, 5.74) is 1.34. The molecule has 34 heavy (non-hydrogen) atoms. The molecular weight excluding hydrogens is 424 g/mol. The zero-order chi connectivity index (χ0) is 24.1. The van der Waals surface area contributed by atoms with Crippen molar-refractivity contribution in [3.05, 3.63) is 42.0 Å². The molecule has 3 aliphatic carbocycles. The van der Waals surface area contributed by atoms with Gasteiger partial charge in [-0.15, -0.1) is 0 Å². The van der Waals surface area contributed by atoms with Crippen LogP contribution >= 0.6 is 0 Å². The molecule has 7 atom stereocenters. The summed E-state index contributed by atoms with van der Waals surface area (Å²) in [7, 11) is 3.65. The Bertz CT molecular complexity index is 989. The van der Waals surface area contributed by atoms with Crippen LogP contribution < -0.4 is 10.1 Å². The highest BCUT2D eigenvalue weighted by atomic mass is 16.5. The molecule has 1 aromatic rings. The lowest BCUT2D eigenvalue weighted by Crippen LogP contribution is -2.59. The first-order valence-corrected chi connectivity index (χ1v) is 13.1. The third-order valence-corrected chi connectivity index (χ3v) is 10.4. The molecule has 0 spiro atoms. The molecule has 5 rings (SSSR count). The van der Waals surface area contributed by atoms with Crippen molar-refractivity contribution in [3.63, 3.8) is 0 Å². The second kappa shape index (κ2) is 8.73. The number of benzene rings is 1. The van der Waals surface area contributed by atoms with Crippen molar-refractivity contribution < 1.29 is 14.3 Å². The van der Waals surface area contributed by atoms with Crippen LogP contribution in [0.1, 0.15) is 64.4 Å². The lowest BCUT2D eigenvalue weighted by molar-refractivity contribution is -0.139. The lowest BCUT2D eigenvalue weighted by Gasteiger charge is -2.60.